The fourth-order valence-corrected chi connectivity index (χ4v) is 1.35. The van der Waals surface area contributed by atoms with E-state index in [2.05, 4.69) is 14.5 Å². The van der Waals surface area contributed by atoms with Gasteiger partial charge in [-0.1, -0.05) is 9.39 Å². The van der Waals surface area contributed by atoms with Gasteiger partial charge < -0.3 is 9.84 Å². The number of ether oxygens (including phenoxy) is 1. The Balaban J connectivity index is 3.92. The second-order valence-electron chi connectivity index (χ2n) is 3.89. The summed E-state index contributed by atoms with van der Waals surface area (Å²) < 4.78 is 5.65. The van der Waals surface area contributed by atoms with Crippen LogP contribution in [0.2, 0.25) is 0 Å². The molecule has 0 aliphatic heterocycles. The molecule has 3 nitrogen and oxygen atoms in total. The van der Waals surface area contributed by atoms with Crippen LogP contribution in [-0.2, 0) is 4.74 Å². The highest BCUT2D eigenvalue weighted by Crippen LogP contribution is 2.13. The Morgan fingerprint density at radius 3 is 2.25 bits per heavy atom. The quantitative estimate of drug-likeness (QED) is 0.653. The summed E-state index contributed by atoms with van der Waals surface area (Å²) in [5, 5.41) is 11.9. The Hall–Kier alpha value is 0.310. The zero-order chi connectivity index (χ0) is 9.78. The van der Waals surface area contributed by atoms with Crippen LogP contribution in [0.5, 0.6) is 0 Å². The first-order valence-corrected chi connectivity index (χ1v) is 4.73. The zero-order valence-corrected chi connectivity index (χ0v) is 9.45. The molecule has 0 heterocycles. The molecular formula is C8H20NO2P. The van der Waals surface area contributed by atoms with Crippen molar-refractivity contribution in [1.29, 1.82) is 0 Å². The van der Waals surface area contributed by atoms with Crippen LogP contribution in [0.15, 0.2) is 0 Å². The summed E-state index contributed by atoms with van der Waals surface area (Å²) in [5.74, 6) is 0. The molecule has 12 heavy (non-hydrogen) atoms. The average molecular weight is 193 g/mol. The molecule has 74 valence electrons. The van der Waals surface area contributed by atoms with Gasteiger partial charge in [-0.3, -0.25) is 5.09 Å². The lowest BCUT2D eigenvalue weighted by atomic mass is 10.1. The Labute approximate surface area is 77.1 Å². The summed E-state index contributed by atoms with van der Waals surface area (Å²) in [6.07, 6.45) is 0.00694. The van der Waals surface area contributed by atoms with Crippen LogP contribution < -0.4 is 5.09 Å². The maximum atomic E-state index is 8.94. The monoisotopic (exact) mass is 193 g/mol. The molecule has 3 atom stereocenters. The molecule has 0 amide bonds. The van der Waals surface area contributed by atoms with Gasteiger partial charge in [0.25, 0.3) is 0 Å². The van der Waals surface area contributed by atoms with Gasteiger partial charge in [0.05, 0.1) is 24.4 Å². The van der Waals surface area contributed by atoms with Crippen LogP contribution >= 0.6 is 9.39 Å². The highest BCUT2D eigenvalue weighted by atomic mass is 31.0. The van der Waals surface area contributed by atoms with Crippen molar-refractivity contribution in [2.75, 3.05) is 6.61 Å². The van der Waals surface area contributed by atoms with Crippen molar-refractivity contribution in [3.63, 3.8) is 0 Å². The molecule has 0 aliphatic rings. The van der Waals surface area contributed by atoms with E-state index in [4.69, 9.17) is 9.84 Å². The summed E-state index contributed by atoms with van der Waals surface area (Å²) in [7, 11) is 2.39. The van der Waals surface area contributed by atoms with Crippen molar-refractivity contribution in [1.82, 2.24) is 5.09 Å². The number of rotatable bonds is 4. The molecule has 0 radical (unpaired) electrons. The van der Waals surface area contributed by atoms with E-state index in [9.17, 15) is 0 Å². The smallest absolute Gasteiger partial charge is 0.0732 e. The first-order chi connectivity index (χ1) is 5.40. The van der Waals surface area contributed by atoms with Gasteiger partial charge >= 0.3 is 0 Å². The van der Waals surface area contributed by atoms with E-state index in [1.807, 2.05) is 27.7 Å². The molecule has 0 aliphatic carbocycles. The molecule has 2 N–H and O–H groups in total. The van der Waals surface area contributed by atoms with Gasteiger partial charge in [-0.05, 0) is 27.7 Å². The highest BCUT2D eigenvalue weighted by Gasteiger charge is 2.21. The third kappa shape index (κ3) is 5.04. The standard InChI is InChI=1S/C8H20NO2P/c1-6(7(5-10)9-12)11-8(2,3)4/h6-7,9-10H,5,12H2,1-4H3/t6-,7-/m1/s1. The number of aliphatic hydroxyl groups is 1. The van der Waals surface area contributed by atoms with Crippen molar-refractivity contribution in [2.24, 2.45) is 0 Å². The van der Waals surface area contributed by atoms with E-state index in [1.165, 1.54) is 0 Å². The van der Waals surface area contributed by atoms with Crippen molar-refractivity contribution in [2.45, 2.75) is 45.4 Å². The SMILES string of the molecule is C[C@@H](OC(C)(C)C)[C@@H](CO)NP. The van der Waals surface area contributed by atoms with Gasteiger partial charge in [0.15, 0.2) is 0 Å². The minimum Gasteiger partial charge on any atom is -0.395 e. The minimum atomic E-state index is -0.158. The lowest BCUT2D eigenvalue weighted by Crippen LogP contribution is -2.41. The molecule has 0 aromatic heterocycles. The van der Waals surface area contributed by atoms with Crippen LogP contribution in [-0.4, -0.2) is 29.5 Å². The summed E-state index contributed by atoms with van der Waals surface area (Å²) >= 11 is 0. The van der Waals surface area contributed by atoms with Crippen molar-refractivity contribution in [3.05, 3.63) is 0 Å². The van der Waals surface area contributed by atoms with Crippen LogP contribution in [0.4, 0.5) is 0 Å². The molecule has 0 rings (SSSR count). The Morgan fingerprint density at radius 2 is 2.00 bits per heavy atom. The molecule has 4 heteroatoms. The summed E-state index contributed by atoms with van der Waals surface area (Å²) in [5.41, 5.74) is -0.158. The lowest BCUT2D eigenvalue weighted by molar-refractivity contribution is -0.0691. The summed E-state index contributed by atoms with van der Waals surface area (Å²) in [6.45, 7) is 8.03. The molecule has 1 unspecified atom stereocenters. The fourth-order valence-electron chi connectivity index (χ4n) is 0.976. The molecule has 0 saturated carbocycles. The molecule has 0 saturated heterocycles. The maximum Gasteiger partial charge on any atom is 0.0732 e. The largest absolute Gasteiger partial charge is 0.395 e. The number of nitrogens with one attached hydrogen (secondary N) is 1. The minimum absolute atomic E-state index is 0.00694. The van der Waals surface area contributed by atoms with E-state index < -0.39 is 0 Å². The second kappa shape index (κ2) is 5.13. The van der Waals surface area contributed by atoms with E-state index >= 15 is 0 Å². The zero-order valence-electron chi connectivity index (χ0n) is 8.29. The average Bonchev–Trinajstić information content (AvgIpc) is 1.85. The fraction of sp³-hybridized carbons (Fsp3) is 1.00. The Morgan fingerprint density at radius 1 is 1.50 bits per heavy atom. The van der Waals surface area contributed by atoms with Gasteiger partial charge in [0, 0.05) is 0 Å². The third-order valence-electron chi connectivity index (χ3n) is 1.52. The molecule has 0 aromatic rings. The van der Waals surface area contributed by atoms with Gasteiger partial charge in [0.2, 0.25) is 0 Å². The topological polar surface area (TPSA) is 41.5 Å². The van der Waals surface area contributed by atoms with Crippen LogP contribution in [0.3, 0.4) is 0 Å². The lowest BCUT2D eigenvalue weighted by Gasteiger charge is -2.29. The van der Waals surface area contributed by atoms with Crippen molar-refractivity contribution >= 4 is 9.39 Å². The van der Waals surface area contributed by atoms with E-state index in [0.717, 1.165) is 0 Å². The summed E-state index contributed by atoms with van der Waals surface area (Å²) in [4.78, 5) is 0. The van der Waals surface area contributed by atoms with Crippen molar-refractivity contribution in [3.8, 4) is 0 Å². The summed E-state index contributed by atoms with van der Waals surface area (Å²) in [6, 6.07) is -0.0192. The first kappa shape index (κ1) is 12.3. The van der Waals surface area contributed by atoms with Crippen molar-refractivity contribution < 1.29 is 9.84 Å². The van der Waals surface area contributed by atoms with Gasteiger partial charge in [-0.25, -0.2) is 0 Å². The predicted octanol–water partition coefficient (Wildman–Crippen LogP) is 0.931. The molecule has 0 fully saturated rings. The third-order valence-corrected chi connectivity index (χ3v) is 1.95. The normalized spacial score (nSPS) is 17.5. The molecule has 0 bridgehead atoms. The van der Waals surface area contributed by atoms with Gasteiger partial charge in [0.1, 0.15) is 0 Å². The maximum absolute atomic E-state index is 8.94. The first-order valence-electron chi connectivity index (χ1n) is 4.15. The van der Waals surface area contributed by atoms with E-state index in [-0.39, 0.29) is 24.4 Å². The van der Waals surface area contributed by atoms with Crippen LogP contribution in [0.25, 0.3) is 0 Å². The van der Waals surface area contributed by atoms with E-state index in [1.54, 1.807) is 0 Å². The van der Waals surface area contributed by atoms with Gasteiger partial charge in [-0.2, -0.15) is 0 Å². The van der Waals surface area contributed by atoms with E-state index in [0.29, 0.717) is 0 Å². The highest BCUT2D eigenvalue weighted by molar-refractivity contribution is 7.13. The van der Waals surface area contributed by atoms with Gasteiger partial charge in [-0.15, -0.1) is 0 Å². The Bertz CT molecular complexity index is 121. The number of hydrogen-bond acceptors (Lipinski definition) is 3. The number of hydrogen-bond donors (Lipinski definition) is 2. The van der Waals surface area contributed by atoms with Crippen LogP contribution in [0, 0.1) is 0 Å². The molecule has 0 spiro atoms. The molecule has 0 aromatic carbocycles. The Kier molecular flexibility index (Phi) is 5.26. The van der Waals surface area contributed by atoms with Crippen LogP contribution in [0.1, 0.15) is 27.7 Å². The number of aliphatic hydroxyl groups excluding tert-OH is 1. The second-order valence-corrected chi connectivity index (χ2v) is 4.22. The predicted molar refractivity (Wildman–Crippen MR) is 54.0 cm³/mol. The molecular weight excluding hydrogens is 173 g/mol.